The summed E-state index contributed by atoms with van der Waals surface area (Å²) in [4.78, 5) is 3.76. The van der Waals surface area contributed by atoms with Crippen molar-refractivity contribution in [2.75, 3.05) is 0 Å². The van der Waals surface area contributed by atoms with Crippen LogP contribution in [0.3, 0.4) is 0 Å². The molecule has 0 aromatic carbocycles. The first kappa shape index (κ1) is 8.30. The van der Waals surface area contributed by atoms with Crippen molar-refractivity contribution < 1.29 is 0 Å². The summed E-state index contributed by atoms with van der Waals surface area (Å²) in [6, 6.07) is 3.09. The Morgan fingerprint density at radius 3 is 2.55 bits per heavy atom. The third-order valence-corrected chi connectivity index (χ3v) is 1.77. The number of nitrogen functional groups attached to an aromatic ring is 1. The van der Waals surface area contributed by atoms with Crippen LogP contribution in [0.4, 0.5) is 0 Å². The molecule has 11 heavy (non-hydrogen) atoms. The SMILES string of the molecule is N=C(N)c1ccc(Cl)c(Cl)n1. The Morgan fingerprint density at radius 1 is 1.45 bits per heavy atom. The van der Waals surface area contributed by atoms with Gasteiger partial charge in [-0.15, -0.1) is 0 Å². The zero-order valence-electron chi connectivity index (χ0n) is 5.44. The Labute approximate surface area is 73.6 Å². The van der Waals surface area contributed by atoms with E-state index < -0.39 is 0 Å². The van der Waals surface area contributed by atoms with Crippen LogP contribution in [0.25, 0.3) is 0 Å². The van der Waals surface area contributed by atoms with Crippen molar-refractivity contribution in [3.63, 3.8) is 0 Å². The number of amidine groups is 1. The topological polar surface area (TPSA) is 62.8 Å². The molecule has 0 radical (unpaired) electrons. The molecule has 0 unspecified atom stereocenters. The molecule has 3 N–H and O–H groups in total. The predicted octanol–water partition coefficient (Wildman–Crippen LogP) is 1.67. The van der Waals surface area contributed by atoms with Gasteiger partial charge in [-0.05, 0) is 12.1 Å². The van der Waals surface area contributed by atoms with Crippen molar-refractivity contribution in [2.24, 2.45) is 5.73 Å². The fourth-order valence-corrected chi connectivity index (χ4v) is 0.827. The van der Waals surface area contributed by atoms with Crippen LogP contribution in [-0.2, 0) is 0 Å². The van der Waals surface area contributed by atoms with E-state index in [-0.39, 0.29) is 11.0 Å². The average Bonchev–Trinajstić information content (AvgIpc) is 1.94. The molecule has 0 aliphatic heterocycles. The molecule has 1 aromatic heterocycles. The average molecular weight is 190 g/mol. The van der Waals surface area contributed by atoms with Crippen molar-refractivity contribution in [3.05, 3.63) is 28.0 Å². The van der Waals surface area contributed by atoms with Gasteiger partial charge in [0, 0.05) is 0 Å². The van der Waals surface area contributed by atoms with Gasteiger partial charge < -0.3 is 5.73 Å². The van der Waals surface area contributed by atoms with Gasteiger partial charge in [0.15, 0.2) is 0 Å². The van der Waals surface area contributed by atoms with Crippen LogP contribution in [0.2, 0.25) is 10.2 Å². The Morgan fingerprint density at radius 2 is 2.09 bits per heavy atom. The van der Waals surface area contributed by atoms with Gasteiger partial charge in [-0.3, -0.25) is 5.41 Å². The van der Waals surface area contributed by atoms with E-state index >= 15 is 0 Å². The molecule has 5 heteroatoms. The van der Waals surface area contributed by atoms with E-state index in [0.29, 0.717) is 10.7 Å². The lowest BCUT2D eigenvalue weighted by Crippen LogP contribution is -2.12. The quantitative estimate of drug-likeness (QED) is 0.402. The smallest absolute Gasteiger partial charge is 0.148 e. The summed E-state index contributed by atoms with van der Waals surface area (Å²) in [6.45, 7) is 0. The highest BCUT2D eigenvalue weighted by Gasteiger charge is 2.02. The Bertz CT molecular complexity index is 298. The summed E-state index contributed by atoms with van der Waals surface area (Å²) in [5.74, 6) is -0.122. The molecule has 1 heterocycles. The van der Waals surface area contributed by atoms with E-state index in [0.717, 1.165) is 0 Å². The molecule has 0 amide bonds. The zero-order chi connectivity index (χ0) is 8.43. The molecule has 0 bridgehead atoms. The Hall–Kier alpha value is -0.800. The van der Waals surface area contributed by atoms with Crippen LogP contribution < -0.4 is 5.73 Å². The van der Waals surface area contributed by atoms with Crippen LogP contribution in [-0.4, -0.2) is 10.8 Å². The van der Waals surface area contributed by atoms with Crippen LogP contribution in [0.5, 0.6) is 0 Å². The number of aromatic nitrogens is 1. The summed E-state index contributed by atoms with van der Waals surface area (Å²) < 4.78 is 0. The molecule has 0 aliphatic rings. The molecule has 0 spiro atoms. The van der Waals surface area contributed by atoms with Crippen LogP contribution in [0.1, 0.15) is 5.69 Å². The lowest BCUT2D eigenvalue weighted by molar-refractivity contribution is 1.26. The lowest BCUT2D eigenvalue weighted by Gasteiger charge is -1.98. The molecule has 0 fully saturated rings. The van der Waals surface area contributed by atoms with Crippen LogP contribution in [0.15, 0.2) is 12.1 Å². The highest BCUT2D eigenvalue weighted by Crippen LogP contribution is 2.18. The molecule has 1 aromatic rings. The summed E-state index contributed by atoms with van der Waals surface area (Å²) in [5.41, 5.74) is 5.48. The number of nitrogens with zero attached hydrogens (tertiary/aromatic N) is 1. The van der Waals surface area contributed by atoms with Crippen molar-refractivity contribution in [3.8, 4) is 0 Å². The van der Waals surface area contributed by atoms with Gasteiger partial charge in [0.2, 0.25) is 0 Å². The summed E-state index contributed by atoms with van der Waals surface area (Å²) in [5, 5.41) is 7.54. The summed E-state index contributed by atoms with van der Waals surface area (Å²) in [6.07, 6.45) is 0. The van der Waals surface area contributed by atoms with Gasteiger partial charge >= 0.3 is 0 Å². The van der Waals surface area contributed by atoms with Gasteiger partial charge in [0.1, 0.15) is 16.7 Å². The minimum absolute atomic E-state index is 0.122. The maximum atomic E-state index is 7.02. The fraction of sp³-hybridized carbons (Fsp3) is 0. The van der Waals surface area contributed by atoms with Gasteiger partial charge in [-0.1, -0.05) is 23.2 Å². The molecule has 0 aliphatic carbocycles. The van der Waals surface area contributed by atoms with E-state index in [1.807, 2.05) is 0 Å². The maximum Gasteiger partial charge on any atom is 0.148 e. The molecular formula is C6H5Cl2N3. The molecule has 0 atom stereocenters. The van der Waals surface area contributed by atoms with Crippen LogP contribution in [0, 0.1) is 5.41 Å². The van der Waals surface area contributed by atoms with E-state index in [9.17, 15) is 0 Å². The monoisotopic (exact) mass is 189 g/mol. The maximum absolute atomic E-state index is 7.02. The number of rotatable bonds is 1. The highest BCUT2D eigenvalue weighted by molar-refractivity contribution is 6.41. The molecule has 0 saturated carbocycles. The number of nitrogens with two attached hydrogens (primary N) is 1. The number of hydrogen-bond acceptors (Lipinski definition) is 2. The van der Waals surface area contributed by atoms with Gasteiger partial charge in [0.05, 0.1) is 5.02 Å². The second kappa shape index (κ2) is 3.07. The number of pyridine rings is 1. The predicted molar refractivity (Wildman–Crippen MR) is 45.3 cm³/mol. The van der Waals surface area contributed by atoms with Crippen LogP contribution >= 0.6 is 23.2 Å². The largest absolute Gasteiger partial charge is 0.382 e. The Balaban J connectivity index is 3.15. The molecule has 3 nitrogen and oxygen atoms in total. The zero-order valence-corrected chi connectivity index (χ0v) is 6.95. The minimum Gasteiger partial charge on any atom is -0.382 e. The molecular weight excluding hydrogens is 185 g/mol. The minimum atomic E-state index is -0.122. The van der Waals surface area contributed by atoms with Crippen molar-refractivity contribution >= 4 is 29.0 Å². The van der Waals surface area contributed by atoms with E-state index in [1.165, 1.54) is 6.07 Å². The van der Waals surface area contributed by atoms with E-state index in [1.54, 1.807) is 6.07 Å². The number of nitrogens with one attached hydrogen (secondary N) is 1. The lowest BCUT2D eigenvalue weighted by atomic mass is 10.3. The molecule has 1 rings (SSSR count). The van der Waals surface area contributed by atoms with Gasteiger partial charge in [-0.2, -0.15) is 0 Å². The number of hydrogen-bond donors (Lipinski definition) is 2. The second-order valence-corrected chi connectivity index (χ2v) is 2.65. The highest BCUT2D eigenvalue weighted by atomic mass is 35.5. The van der Waals surface area contributed by atoms with Crippen molar-refractivity contribution in [1.82, 2.24) is 4.98 Å². The van der Waals surface area contributed by atoms with Gasteiger partial charge in [0.25, 0.3) is 0 Å². The fourth-order valence-electron chi connectivity index (χ4n) is 0.567. The number of halogens is 2. The van der Waals surface area contributed by atoms with Crippen molar-refractivity contribution in [1.29, 1.82) is 5.41 Å². The Kier molecular flexibility index (Phi) is 2.31. The third-order valence-electron chi connectivity index (χ3n) is 1.08. The van der Waals surface area contributed by atoms with Crippen molar-refractivity contribution in [2.45, 2.75) is 0 Å². The van der Waals surface area contributed by atoms with Gasteiger partial charge in [-0.25, -0.2) is 4.98 Å². The molecule has 0 saturated heterocycles. The molecule has 58 valence electrons. The summed E-state index contributed by atoms with van der Waals surface area (Å²) in [7, 11) is 0. The first-order valence-corrected chi connectivity index (χ1v) is 3.53. The van der Waals surface area contributed by atoms with E-state index in [4.69, 9.17) is 34.3 Å². The summed E-state index contributed by atoms with van der Waals surface area (Å²) >= 11 is 11.1. The second-order valence-electron chi connectivity index (χ2n) is 1.88. The standard InChI is InChI=1S/C6H5Cl2N3/c7-3-1-2-4(6(9)10)11-5(3)8/h1-2H,(H3,9,10). The first-order chi connectivity index (χ1) is 5.11. The van der Waals surface area contributed by atoms with E-state index in [2.05, 4.69) is 4.98 Å². The first-order valence-electron chi connectivity index (χ1n) is 2.77. The third kappa shape index (κ3) is 1.82. The normalized spacial score (nSPS) is 9.64.